The molecule has 15 heavy (non-hydrogen) atoms. The largest absolute Gasteiger partial charge is 0.381 e. The molecule has 0 spiro atoms. The zero-order valence-electron chi connectivity index (χ0n) is 8.94. The highest BCUT2D eigenvalue weighted by Gasteiger charge is 2.17. The number of hydrogen-bond donors (Lipinski definition) is 2. The number of aromatic nitrogens is 3. The van der Waals surface area contributed by atoms with E-state index in [4.69, 9.17) is 10.5 Å². The van der Waals surface area contributed by atoms with Crippen molar-refractivity contribution in [1.82, 2.24) is 15.2 Å². The van der Waals surface area contributed by atoms with Crippen LogP contribution >= 0.6 is 0 Å². The summed E-state index contributed by atoms with van der Waals surface area (Å²) < 4.78 is 5.32. The van der Waals surface area contributed by atoms with Gasteiger partial charge in [0.05, 0.1) is 0 Å². The lowest BCUT2D eigenvalue weighted by molar-refractivity contribution is 0.0684. The molecule has 1 aliphatic heterocycles. The first kappa shape index (κ1) is 10.2. The van der Waals surface area contributed by atoms with Gasteiger partial charge in [0.2, 0.25) is 11.9 Å². The maximum absolute atomic E-state index is 5.47. The predicted octanol–water partition coefficient (Wildman–Crippen LogP) is 0.250. The number of nitrogen functional groups attached to an aromatic ring is 1. The smallest absolute Gasteiger partial charge is 0.246 e. The van der Waals surface area contributed by atoms with E-state index < -0.39 is 0 Å². The summed E-state index contributed by atoms with van der Waals surface area (Å²) in [5.74, 6) is 1.70. The van der Waals surface area contributed by atoms with Gasteiger partial charge in [0.25, 0.3) is 0 Å². The molecule has 6 heteroatoms. The Hall–Kier alpha value is -1.30. The summed E-state index contributed by atoms with van der Waals surface area (Å²) in [4.78, 5) is 6.11. The summed E-state index contributed by atoms with van der Waals surface area (Å²) in [5.41, 5.74) is 5.47. The third kappa shape index (κ3) is 2.59. The van der Waals surface area contributed by atoms with E-state index in [1.165, 1.54) is 0 Å². The van der Waals surface area contributed by atoms with E-state index in [0.29, 0.717) is 17.8 Å². The van der Waals surface area contributed by atoms with Gasteiger partial charge >= 0.3 is 0 Å². The Labute approximate surface area is 88.8 Å². The average molecular weight is 211 g/mol. The van der Waals surface area contributed by atoms with Crippen LogP contribution in [0.15, 0.2) is 0 Å². The first-order valence-corrected chi connectivity index (χ1v) is 5.22. The highest BCUT2D eigenvalue weighted by atomic mass is 16.5. The molecule has 0 amide bonds. The maximum Gasteiger partial charge on any atom is 0.246 e. The van der Waals surface area contributed by atoms with E-state index >= 15 is 0 Å². The molecular weight excluding hydrogens is 194 g/mol. The lowest BCUT2D eigenvalue weighted by Gasteiger charge is -2.26. The topological polar surface area (TPSA) is 80.1 Å². The standard InChI is InChI=1S/C9H17N5O/c1-14(9-11-8(10)12-13-9)6-7-2-4-15-5-3-7/h7H,2-6H2,1H3,(H3,10,11,12,13). The fourth-order valence-corrected chi connectivity index (χ4v) is 1.83. The van der Waals surface area contributed by atoms with E-state index in [9.17, 15) is 0 Å². The van der Waals surface area contributed by atoms with Crippen LogP contribution in [0.25, 0.3) is 0 Å². The molecule has 2 heterocycles. The highest BCUT2D eigenvalue weighted by Crippen LogP contribution is 2.17. The van der Waals surface area contributed by atoms with Gasteiger partial charge in [-0.3, -0.25) is 0 Å². The van der Waals surface area contributed by atoms with Crippen LogP contribution in [-0.4, -0.2) is 42.0 Å². The number of nitrogens with two attached hydrogens (primary N) is 1. The molecule has 1 aromatic heterocycles. The number of H-pyrrole nitrogens is 1. The van der Waals surface area contributed by atoms with E-state index in [-0.39, 0.29) is 0 Å². The molecular formula is C9H17N5O. The molecule has 0 saturated carbocycles. The van der Waals surface area contributed by atoms with Gasteiger partial charge in [-0.25, -0.2) is 5.10 Å². The van der Waals surface area contributed by atoms with Crippen LogP contribution in [0, 0.1) is 5.92 Å². The van der Waals surface area contributed by atoms with Crippen LogP contribution in [0.5, 0.6) is 0 Å². The summed E-state index contributed by atoms with van der Waals surface area (Å²) in [6, 6.07) is 0. The minimum absolute atomic E-state index is 0.365. The van der Waals surface area contributed by atoms with E-state index in [1.807, 2.05) is 11.9 Å². The molecule has 1 saturated heterocycles. The van der Waals surface area contributed by atoms with Crippen molar-refractivity contribution in [3.05, 3.63) is 0 Å². The van der Waals surface area contributed by atoms with Gasteiger partial charge < -0.3 is 15.4 Å². The maximum atomic E-state index is 5.47. The quantitative estimate of drug-likeness (QED) is 0.749. The molecule has 1 aromatic rings. The lowest BCUT2D eigenvalue weighted by atomic mass is 10.0. The first-order valence-electron chi connectivity index (χ1n) is 5.22. The molecule has 0 radical (unpaired) electrons. The Morgan fingerprint density at radius 1 is 1.53 bits per heavy atom. The molecule has 1 fully saturated rings. The van der Waals surface area contributed by atoms with Crippen LogP contribution < -0.4 is 10.6 Å². The fourth-order valence-electron chi connectivity index (χ4n) is 1.83. The Morgan fingerprint density at radius 3 is 2.87 bits per heavy atom. The summed E-state index contributed by atoms with van der Waals surface area (Å²) >= 11 is 0. The zero-order chi connectivity index (χ0) is 10.7. The fraction of sp³-hybridized carbons (Fsp3) is 0.778. The molecule has 0 bridgehead atoms. The molecule has 0 aromatic carbocycles. The van der Waals surface area contributed by atoms with Crippen molar-refractivity contribution >= 4 is 11.9 Å². The van der Waals surface area contributed by atoms with Gasteiger partial charge in [-0.1, -0.05) is 0 Å². The van der Waals surface area contributed by atoms with Crippen molar-refractivity contribution in [2.24, 2.45) is 5.92 Å². The minimum atomic E-state index is 0.365. The Balaban J connectivity index is 1.88. The van der Waals surface area contributed by atoms with E-state index in [2.05, 4.69) is 15.2 Å². The van der Waals surface area contributed by atoms with Crippen molar-refractivity contribution in [3.8, 4) is 0 Å². The normalized spacial score (nSPS) is 17.9. The monoisotopic (exact) mass is 211 g/mol. The molecule has 0 aliphatic carbocycles. The predicted molar refractivity (Wildman–Crippen MR) is 57.6 cm³/mol. The Morgan fingerprint density at radius 2 is 2.27 bits per heavy atom. The van der Waals surface area contributed by atoms with Crippen LogP contribution in [0.1, 0.15) is 12.8 Å². The molecule has 0 unspecified atom stereocenters. The van der Waals surface area contributed by atoms with Gasteiger partial charge in [-0.2, -0.15) is 4.98 Å². The van der Waals surface area contributed by atoms with Gasteiger partial charge in [0, 0.05) is 26.8 Å². The van der Waals surface area contributed by atoms with Crippen LogP contribution in [-0.2, 0) is 4.74 Å². The summed E-state index contributed by atoms with van der Waals surface area (Å²) in [6.45, 7) is 2.70. The number of rotatable bonds is 3. The number of aromatic amines is 1. The summed E-state index contributed by atoms with van der Waals surface area (Å²) in [6.07, 6.45) is 2.23. The Kier molecular flexibility index (Phi) is 3.05. The summed E-state index contributed by atoms with van der Waals surface area (Å²) in [7, 11) is 1.98. The number of nitrogens with zero attached hydrogens (tertiary/aromatic N) is 3. The van der Waals surface area contributed by atoms with Gasteiger partial charge in [0.1, 0.15) is 0 Å². The molecule has 6 nitrogen and oxygen atoms in total. The van der Waals surface area contributed by atoms with Gasteiger partial charge in [-0.05, 0) is 18.8 Å². The second-order valence-electron chi connectivity index (χ2n) is 3.96. The highest BCUT2D eigenvalue weighted by molar-refractivity contribution is 5.32. The number of anilines is 2. The average Bonchev–Trinajstić information content (AvgIpc) is 2.66. The number of hydrogen-bond acceptors (Lipinski definition) is 5. The summed E-state index contributed by atoms with van der Waals surface area (Å²) in [5, 5.41) is 6.65. The second kappa shape index (κ2) is 4.48. The second-order valence-corrected chi connectivity index (χ2v) is 3.96. The molecule has 0 atom stereocenters. The molecule has 2 rings (SSSR count). The van der Waals surface area contributed by atoms with Gasteiger partial charge in [-0.15, -0.1) is 5.10 Å². The Bertz CT molecular complexity index is 307. The van der Waals surface area contributed by atoms with Crippen molar-refractivity contribution in [2.45, 2.75) is 12.8 Å². The zero-order valence-corrected chi connectivity index (χ0v) is 8.94. The lowest BCUT2D eigenvalue weighted by Crippen LogP contribution is -2.30. The van der Waals surface area contributed by atoms with Crippen LogP contribution in [0.4, 0.5) is 11.9 Å². The first-order chi connectivity index (χ1) is 7.25. The third-order valence-electron chi connectivity index (χ3n) is 2.71. The van der Waals surface area contributed by atoms with Crippen LogP contribution in [0.3, 0.4) is 0 Å². The van der Waals surface area contributed by atoms with Gasteiger partial charge in [0.15, 0.2) is 0 Å². The van der Waals surface area contributed by atoms with Crippen LogP contribution in [0.2, 0.25) is 0 Å². The third-order valence-corrected chi connectivity index (χ3v) is 2.71. The molecule has 84 valence electrons. The minimum Gasteiger partial charge on any atom is -0.381 e. The van der Waals surface area contributed by atoms with Crippen molar-refractivity contribution in [3.63, 3.8) is 0 Å². The number of ether oxygens (including phenoxy) is 1. The molecule has 1 aliphatic rings. The number of nitrogens with one attached hydrogen (secondary N) is 1. The van der Waals surface area contributed by atoms with Crippen molar-refractivity contribution in [1.29, 1.82) is 0 Å². The van der Waals surface area contributed by atoms with Crippen molar-refractivity contribution < 1.29 is 4.74 Å². The van der Waals surface area contributed by atoms with E-state index in [1.54, 1.807) is 0 Å². The SMILES string of the molecule is CN(CC1CCOCC1)c1n[nH]c(N)n1. The molecule has 3 N–H and O–H groups in total. The van der Waals surface area contributed by atoms with E-state index in [0.717, 1.165) is 32.6 Å². The van der Waals surface area contributed by atoms with Crippen molar-refractivity contribution in [2.75, 3.05) is 37.4 Å².